The predicted molar refractivity (Wildman–Crippen MR) is 161 cm³/mol. The molecule has 1 atom stereocenters. The first-order chi connectivity index (χ1) is 22.0. The zero-order chi connectivity index (χ0) is 33.0. The summed E-state index contributed by atoms with van der Waals surface area (Å²) in [6.07, 6.45) is -1.72. The van der Waals surface area contributed by atoms with Gasteiger partial charge >= 0.3 is 23.1 Å². The van der Waals surface area contributed by atoms with E-state index in [0.717, 1.165) is 16.7 Å². The lowest BCUT2D eigenvalue weighted by Gasteiger charge is -2.17. The van der Waals surface area contributed by atoms with Crippen molar-refractivity contribution in [1.82, 2.24) is 18.9 Å². The minimum absolute atomic E-state index is 0.0274. The molecule has 2 heterocycles. The highest BCUT2D eigenvalue weighted by Crippen LogP contribution is 2.32. The van der Waals surface area contributed by atoms with Crippen molar-refractivity contribution in [3.63, 3.8) is 0 Å². The second-order valence-corrected chi connectivity index (χ2v) is 10.1. The molecule has 0 aliphatic heterocycles. The first-order valence-corrected chi connectivity index (χ1v) is 13.7. The minimum atomic E-state index is -4.57. The number of hydrogen-bond donors (Lipinski definition) is 0. The highest BCUT2D eigenvalue weighted by Gasteiger charge is 2.33. The summed E-state index contributed by atoms with van der Waals surface area (Å²) in [5, 5.41) is 16.4. The fraction of sp³-hybridized carbons (Fsp3) is 0.156. The van der Waals surface area contributed by atoms with Gasteiger partial charge in [-0.05, 0) is 41.5 Å². The summed E-state index contributed by atoms with van der Waals surface area (Å²) < 4.78 is 63.6. The Bertz CT molecular complexity index is 2020. The summed E-state index contributed by atoms with van der Waals surface area (Å²) in [6, 6.07) is 18.7. The summed E-state index contributed by atoms with van der Waals surface area (Å²) >= 11 is 0. The van der Waals surface area contributed by atoms with E-state index in [4.69, 9.17) is 4.74 Å². The SMILES string of the molecule is COc1ccc(Cn2c(/C=C/c3cnn(Cc4ccccc4C(F)(F)F)c3)c([N+](=O)[O-])c(=O)n(C(F)c3ccccc3)c2=O)cc1. The van der Waals surface area contributed by atoms with Crippen LogP contribution in [-0.2, 0) is 19.3 Å². The molecule has 1 unspecified atom stereocenters. The smallest absolute Gasteiger partial charge is 0.416 e. The van der Waals surface area contributed by atoms with Crippen molar-refractivity contribution in [3.8, 4) is 5.75 Å². The lowest BCUT2D eigenvalue weighted by Crippen LogP contribution is -2.43. The molecule has 0 N–H and O–H groups in total. The third-order valence-electron chi connectivity index (χ3n) is 7.12. The summed E-state index contributed by atoms with van der Waals surface area (Å²) in [7, 11) is 1.46. The maximum absolute atomic E-state index is 15.7. The molecule has 10 nitrogen and oxygen atoms in total. The predicted octanol–water partition coefficient (Wildman–Crippen LogP) is 5.93. The number of halogens is 4. The summed E-state index contributed by atoms with van der Waals surface area (Å²) in [5.41, 5.74) is -4.16. The van der Waals surface area contributed by atoms with E-state index in [-0.39, 0.29) is 28.8 Å². The Morgan fingerprint density at radius 3 is 2.28 bits per heavy atom. The van der Waals surface area contributed by atoms with Gasteiger partial charge in [0, 0.05) is 17.3 Å². The Balaban J connectivity index is 1.60. The standard InChI is InChI=1S/C32H25F4N5O5/c1-46-25-14-11-21(12-15-25)19-39-27(28(41(44)45)30(42)40(31(39)43)29(33)23-7-3-2-4-8-23)16-13-22-17-37-38(18-22)20-24-9-5-6-10-26(24)32(34,35)36/h2-18,29H,19-20H2,1H3/b16-13+. The zero-order valence-corrected chi connectivity index (χ0v) is 24.1. The normalized spacial score (nSPS) is 12.4. The molecule has 0 aliphatic rings. The molecular weight excluding hydrogens is 610 g/mol. The number of ether oxygens (including phenoxy) is 1. The number of alkyl halides is 4. The molecule has 46 heavy (non-hydrogen) atoms. The van der Waals surface area contributed by atoms with Gasteiger partial charge < -0.3 is 4.74 Å². The fourth-order valence-corrected chi connectivity index (χ4v) is 4.88. The largest absolute Gasteiger partial charge is 0.497 e. The topological polar surface area (TPSA) is 114 Å². The van der Waals surface area contributed by atoms with Crippen LogP contribution in [0.15, 0.2) is 101 Å². The lowest BCUT2D eigenvalue weighted by molar-refractivity contribution is -0.387. The Morgan fingerprint density at radius 1 is 0.957 bits per heavy atom. The molecular formula is C32H25F4N5O5. The van der Waals surface area contributed by atoms with Gasteiger partial charge in [0.2, 0.25) is 6.30 Å². The second kappa shape index (κ2) is 13.1. The number of aromatic nitrogens is 4. The van der Waals surface area contributed by atoms with Crippen molar-refractivity contribution in [3.05, 3.63) is 156 Å². The van der Waals surface area contributed by atoms with Gasteiger partial charge in [-0.15, -0.1) is 0 Å². The number of rotatable bonds is 10. The molecule has 0 fully saturated rings. The summed E-state index contributed by atoms with van der Waals surface area (Å²) in [6.45, 7) is -0.502. The van der Waals surface area contributed by atoms with E-state index >= 15 is 4.39 Å². The molecule has 236 valence electrons. The third kappa shape index (κ3) is 6.65. The number of nitrogens with zero attached hydrogens (tertiary/aromatic N) is 5. The van der Waals surface area contributed by atoms with E-state index in [9.17, 15) is 32.9 Å². The number of nitro groups is 1. The average molecular weight is 636 g/mol. The van der Waals surface area contributed by atoms with Crippen molar-refractivity contribution in [2.24, 2.45) is 0 Å². The Labute approximate surface area is 258 Å². The highest BCUT2D eigenvalue weighted by atomic mass is 19.4. The number of hydrogen-bond acceptors (Lipinski definition) is 6. The first kappa shape index (κ1) is 31.6. The molecule has 0 amide bonds. The molecule has 3 aromatic carbocycles. The van der Waals surface area contributed by atoms with Crippen molar-refractivity contribution in [1.29, 1.82) is 0 Å². The first-order valence-electron chi connectivity index (χ1n) is 13.7. The van der Waals surface area contributed by atoms with E-state index in [1.54, 1.807) is 30.3 Å². The quantitative estimate of drug-likeness (QED) is 0.107. The highest BCUT2D eigenvalue weighted by molar-refractivity contribution is 5.71. The van der Waals surface area contributed by atoms with Gasteiger partial charge in [0.05, 0.1) is 36.9 Å². The monoisotopic (exact) mass is 635 g/mol. The lowest BCUT2D eigenvalue weighted by atomic mass is 10.1. The maximum atomic E-state index is 15.7. The molecule has 2 aromatic heterocycles. The van der Waals surface area contributed by atoms with Gasteiger partial charge in [0.25, 0.3) is 0 Å². The van der Waals surface area contributed by atoms with E-state index in [2.05, 4.69) is 5.10 Å². The maximum Gasteiger partial charge on any atom is 0.416 e. The molecule has 0 bridgehead atoms. The van der Waals surface area contributed by atoms with E-state index in [0.29, 0.717) is 16.9 Å². The van der Waals surface area contributed by atoms with Gasteiger partial charge in [0.15, 0.2) is 0 Å². The van der Waals surface area contributed by atoms with Crippen LogP contribution >= 0.6 is 0 Å². The van der Waals surface area contributed by atoms with Crippen LogP contribution in [0.5, 0.6) is 5.75 Å². The summed E-state index contributed by atoms with van der Waals surface area (Å²) in [5.74, 6) is 0.509. The minimum Gasteiger partial charge on any atom is -0.497 e. The molecule has 0 saturated carbocycles. The van der Waals surface area contributed by atoms with Crippen LogP contribution in [0.3, 0.4) is 0 Å². The average Bonchev–Trinajstić information content (AvgIpc) is 3.48. The van der Waals surface area contributed by atoms with E-state index in [1.165, 1.54) is 72.7 Å². The molecule has 0 radical (unpaired) electrons. The van der Waals surface area contributed by atoms with Gasteiger partial charge in [-0.3, -0.25) is 24.2 Å². The Morgan fingerprint density at radius 2 is 1.63 bits per heavy atom. The van der Waals surface area contributed by atoms with E-state index < -0.39 is 45.6 Å². The molecule has 14 heteroatoms. The van der Waals surface area contributed by atoms with Crippen molar-refractivity contribution in [2.75, 3.05) is 7.11 Å². The van der Waals surface area contributed by atoms with Crippen LogP contribution in [0.1, 0.15) is 39.8 Å². The van der Waals surface area contributed by atoms with Gasteiger partial charge in [-0.2, -0.15) is 18.3 Å². The van der Waals surface area contributed by atoms with Gasteiger partial charge in [0.1, 0.15) is 11.4 Å². The zero-order valence-electron chi connectivity index (χ0n) is 24.1. The van der Waals surface area contributed by atoms with Gasteiger partial charge in [-0.1, -0.05) is 60.7 Å². The van der Waals surface area contributed by atoms with E-state index in [1.807, 2.05) is 0 Å². The number of benzene rings is 3. The van der Waals surface area contributed by atoms with Crippen LogP contribution < -0.4 is 16.0 Å². The molecule has 5 rings (SSSR count). The van der Waals surface area contributed by atoms with Crippen LogP contribution in [-0.4, -0.2) is 30.9 Å². The third-order valence-corrected chi connectivity index (χ3v) is 7.12. The Hall–Kier alpha value is -5.79. The second-order valence-electron chi connectivity index (χ2n) is 10.1. The molecule has 0 saturated heterocycles. The van der Waals surface area contributed by atoms with Crippen molar-refractivity contribution in [2.45, 2.75) is 25.6 Å². The molecule has 5 aromatic rings. The molecule has 0 spiro atoms. The van der Waals surface area contributed by atoms with Crippen LogP contribution in [0, 0.1) is 10.1 Å². The summed E-state index contributed by atoms with van der Waals surface area (Å²) in [4.78, 5) is 38.4. The van der Waals surface area contributed by atoms with Crippen LogP contribution in [0.25, 0.3) is 12.2 Å². The fourth-order valence-electron chi connectivity index (χ4n) is 4.88. The van der Waals surface area contributed by atoms with Crippen molar-refractivity contribution < 1.29 is 27.2 Å². The molecule has 0 aliphatic carbocycles. The van der Waals surface area contributed by atoms with Crippen molar-refractivity contribution >= 4 is 17.8 Å². The van der Waals surface area contributed by atoms with Crippen LogP contribution in [0.2, 0.25) is 0 Å². The Kier molecular flexibility index (Phi) is 8.98. The van der Waals surface area contributed by atoms with Crippen LogP contribution in [0.4, 0.5) is 23.2 Å². The van der Waals surface area contributed by atoms with Gasteiger partial charge in [-0.25, -0.2) is 13.8 Å². The number of methoxy groups -OCH3 is 1.